The average molecular weight is 421 g/mol. The van der Waals surface area contributed by atoms with Crippen LogP contribution in [0.1, 0.15) is 33.6 Å². The average Bonchev–Trinajstić information content (AvgIpc) is 3.50. The number of hydrogen-bond acceptors (Lipinski definition) is 4. The number of thiophene rings is 1. The number of hydrogen-bond donors (Lipinski definition) is 1. The second-order valence-electron chi connectivity index (χ2n) is 7.40. The van der Waals surface area contributed by atoms with Crippen LogP contribution in [0.2, 0.25) is 0 Å². The first-order valence-electron chi connectivity index (χ1n) is 9.98. The zero-order valence-corrected chi connectivity index (χ0v) is 17.7. The molecule has 0 aliphatic heterocycles. The lowest BCUT2D eigenvalue weighted by Gasteiger charge is -2.24. The van der Waals surface area contributed by atoms with Gasteiger partial charge >= 0.3 is 0 Å². The number of amides is 2. The van der Waals surface area contributed by atoms with Crippen molar-refractivity contribution in [3.63, 3.8) is 0 Å². The van der Waals surface area contributed by atoms with Gasteiger partial charge in [0.05, 0.1) is 20.2 Å². The molecule has 1 heterocycles. The Morgan fingerprint density at radius 2 is 1.90 bits per heavy atom. The van der Waals surface area contributed by atoms with E-state index in [1.165, 1.54) is 0 Å². The Morgan fingerprint density at radius 3 is 2.63 bits per heavy atom. The molecule has 0 bridgehead atoms. The summed E-state index contributed by atoms with van der Waals surface area (Å²) in [6.07, 6.45) is 1.88. The molecular formula is C24H24N2O3S. The highest BCUT2D eigenvalue weighted by atomic mass is 32.1. The molecule has 6 heteroatoms. The smallest absolute Gasteiger partial charge is 0.254 e. The van der Waals surface area contributed by atoms with Gasteiger partial charge in [-0.15, -0.1) is 11.3 Å². The highest BCUT2D eigenvalue weighted by Gasteiger charge is 2.29. The zero-order chi connectivity index (χ0) is 20.9. The minimum atomic E-state index is -0.0863. The molecule has 0 unspecified atom stereocenters. The summed E-state index contributed by atoms with van der Waals surface area (Å²) >= 11 is 1.62. The van der Waals surface area contributed by atoms with E-state index in [0.717, 1.165) is 29.0 Å². The van der Waals surface area contributed by atoms with Gasteiger partial charge in [0.1, 0.15) is 5.75 Å². The topological polar surface area (TPSA) is 58.6 Å². The predicted octanol–water partition coefficient (Wildman–Crippen LogP) is 4.95. The summed E-state index contributed by atoms with van der Waals surface area (Å²) in [5.41, 5.74) is 2.16. The first-order valence-corrected chi connectivity index (χ1v) is 10.9. The number of para-hydroxylation sites is 1. The third-order valence-electron chi connectivity index (χ3n) is 5.09. The molecule has 0 saturated heterocycles. The molecule has 1 N–H and O–H groups in total. The second kappa shape index (κ2) is 9.13. The van der Waals surface area contributed by atoms with Crippen LogP contribution in [0.3, 0.4) is 0 Å². The molecule has 154 valence electrons. The SMILES string of the molecule is COc1ccccc1CN(Cc1cccs1)C(=O)c1cccc(NC(=O)C2CC2)c1. The van der Waals surface area contributed by atoms with E-state index in [-0.39, 0.29) is 17.7 Å². The molecule has 2 aromatic carbocycles. The van der Waals surface area contributed by atoms with Gasteiger partial charge in [-0.05, 0) is 48.6 Å². The molecular weight excluding hydrogens is 396 g/mol. The molecule has 1 aliphatic rings. The van der Waals surface area contributed by atoms with Gasteiger partial charge in [-0.2, -0.15) is 0 Å². The zero-order valence-electron chi connectivity index (χ0n) is 16.8. The lowest BCUT2D eigenvalue weighted by Crippen LogP contribution is -2.30. The van der Waals surface area contributed by atoms with Gasteiger partial charge in [0.25, 0.3) is 5.91 Å². The summed E-state index contributed by atoms with van der Waals surface area (Å²) in [6, 6.07) is 18.9. The van der Waals surface area contributed by atoms with Crippen molar-refractivity contribution in [2.24, 2.45) is 5.92 Å². The Bertz CT molecular complexity index is 1030. The molecule has 2 amide bonds. The minimum Gasteiger partial charge on any atom is -0.496 e. The molecule has 0 atom stereocenters. The van der Waals surface area contributed by atoms with Crippen LogP contribution < -0.4 is 10.1 Å². The van der Waals surface area contributed by atoms with Gasteiger partial charge in [0, 0.05) is 27.6 Å². The molecule has 1 aromatic heterocycles. The molecule has 1 aliphatic carbocycles. The highest BCUT2D eigenvalue weighted by molar-refractivity contribution is 7.09. The highest BCUT2D eigenvalue weighted by Crippen LogP contribution is 2.30. The molecule has 0 radical (unpaired) electrons. The third-order valence-corrected chi connectivity index (χ3v) is 5.95. The predicted molar refractivity (Wildman–Crippen MR) is 119 cm³/mol. The van der Waals surface area contributed by atoms with Crippen LogP contribution >= 0.6 is 11.3 Å². The lowest BCUT2D eigenvalue weighted by molar-refractivity contribution is -0.117. The summed E-state index contributed by atoms with van der Waals surface area (Å²) in [5.74, 6) is 0.818. The Morgan fingerprint density at radius 1 is 1.07 bits per heavy atom. The van der Waals surface area contributed by atoms with E-state index in [9.17, 15) is 9.59 Å². The first-order chi connectivity index (χ1) is 14.6. The molecule has 1 saturated carbocycles. The monoisotopic (exact) mass is 420 g/mol. The first kappa shape index (κ1) is 20.2. The quantitative estimate of drug-likeness (QED) is 0.561. The van der Waals surface area contributed by atoms with Crippen LogP contribution in [0.25, 0.3) is 0 Å². The third kappa shape index (κ3) is 4.89. The van der Waals surface area contributed by atoms with Crippen molar-refractivity contribution < 1.29 is 14.3 Å². The maximum atomic E-state index is 13.4. The largest absolute Gasteiger partial charge is 0.496 e. The van der Waals surface area contributed by atoms with Crippen LogP contribution in [-0.4, -0.2) is 23.8 Å². The fourth-order valence-electron chi connectivity index (χ4n) is 3.33. The molecule has 3 aromatic rings. The van der Waals surface area contributed by atoms with Gasteiger partial charge in [-0.3, -0.25) is 9.59 Å². The Labute approximate surface area is 180 Å². The van der Waals surface area contributed by atoms with Gasteiger partial charge in [-0.1, -0.05) is 30.3 Å². The molecule has 5 nitrogen and oxygen atoms in total. The number of rotatable bonds is 8. The van der Waals surface area contributed by atoms with E-state index in [2.05, 4.69) is 5.32 Å². The summed E-state index contributed by atoms with van der Waals surface area (Å²) in [5, 5.41) is 4.93. The van der Waals surface area contributed by atoms with Crippen molar-refractivity contribution in [3.8, 4) is 5.75 Å². The summed E-state index contributed by atoms with van der Waals surface area (Å²) in [6.45, 7) is 0.937. The Hall–Kier alpha value is -3.12. The summed E-state index contributed by atoms with van der Waals surface area (Å²) in [7, 11) is 1.64. The van der Waals surface area contributed by atoms with Gasteiger partial charge < -0.3 is 15.0 Å². The van der Waals surface area contributed by atoms with E-state index in [4.69, 9.17) is 4.74 Å². The van der Waals surface area contributed by atoms with Crippen LogP contribution in [-0.2, 0) is 17.9 Å². The molecule has 30 heavy (non-hydrogen) atoms. The van der Waals surface area contributed by atoms with Crippen LogP contribution in [0.4, 0.5) is 5.69 Å². The second-order valence-corrected chi connectivity index (χ2v) is 8.43. The number of nitrogens with one attached hydrogen (secondary N) is 1. The van der Waals surface area contributed by atoms with Crippen molar-refractivity contribution in [2.45, 2.75) is 25.9 Å². The maximum Gasteiger partial charge on any atom is 0.254 e. The summed E-state index contributed by atoms with van der Waals surface area (Å²) < 4.78 is 5.48. The summed E-state index contributed by atoms with van der Waals surface area (Å²) in [4.78, 5) is 28.4. The molecule has 4 rings (SSSR count). The van der Waals surface area contributed by atoms with Gasteiger partial charge in [-0.25, -0.2) is 0 Å². The van der Waals surface area contributed by atoms with E-state index in [1.54, 1.807) is 30.6 Å². The van der Waals surface area contributed by atoms with Crippen LogP contribution in [0, 0.1) is 5.92 Å². The van der Waals surface area contributed by atoms with E-state index in [0.29, 0.717) is 24.3 Å². The standard InChI is InChI=1S/C24H24N2O3S/c1-29-22-10-3-2-6-19(22)15-26(16-21-9-5-13-30-21)24(28)18-7-4-8-20(14-18)25-23(27)17-11-12-17/h2-10,13-14,17H,11-12,15-16H2,1H3,(H,25,27). The maximum absolute atomic E-state index is 13.4. The lowest BCUT2D eigenvalue weighted by atomic mass is 10.1. The number of nitrogens with zero attached hydrogens (tertiary/aromatic N) is 1. The Kier molecular flexibility index (Phi) is 6.14. The molecule has 0 spiro atoms. The van der Waals surface area contributed by atoms with Crippen LogP contribution in [0.5, 0.6) is 5.75 Å². The fourth-order valence-corrected chi connectivity index (χ4v) is 4.05. The van der Waals surface area contributed by atoms with Crippen molar-refractivity contribution in [1.29, 1.82) is 0 Å². The molecule has 1 fully saturated rings. The minimum absolute atomic E-state index is 0.0315. The van der Waals surface area contributed by atoms with Crippen LogP contribution in [0.15, 0.2) is 66.0 Å². The fraction of sp³-hybridized carbons (Fsp3) is 0.250. The number of carbonyl (C=O) groups is 2. The number of anilines is 1. The van der Waals surface area contributed by atoms with Crippen molar-refractivity contribution in [3.05, 3.63) is 82.0 Å². The number of ether oxygens (including phenoxy) is 1. The van der Waals surface area contributed by atoms with E-state index < -0.39 is 0 Å². The van der Waals surface area contributed by atoms with Crippen molar-refractivity contribution in [2.75, 3.05) is 12.4 Å². The van der Waals surface area contributed by atoms with E-state index in [1.807, 2.05) is 58.8 Å². The number of methoxy groups -OCH3 is 1. The number of benzene rings is 2. The van der Waals surface area contributed by atoms with Crippen molar-refractivity contribution >= 4 is 28.8 Å². The van der Waals surface area contributed by atoms with Crippen molar-refractivity contribution in [1.82, 2.24) is 4.90 Å². The van der Waals surface area contributed by atoms with E-state index >= 15 is 0 Å². The Balaban J connectivity index is 1.58. The normalized spacial score (nSPS) is 13.0. The number of carbonyl (C=O) groups excluding carboxylic acids is 2. The van der Waals surface area contributed by atoms with Gasteiger partial charge in [0.15, 0.2) is 0 Å². The van der Waals surface area contributed by atoms with Gasteiger partial charge in [0.2, 0.25) is 5.91 Å².